The van der Waals surface area contributed by atoms with E-state index >= 15 is 0 Å². The number of Topliss-reactive ketones (excluding diaryl/α,β-unsaturated/α-hetero) is 1. The second-order valence-electron chi connectivity index (χ2n) is 5.65. The van der Waals surface area contributed by atoms with Gasteiger partial charge in [0, 0.05) is 11.1 Å². The largest absolute Gasteiger partial charge is 0.295 e. The van der Waals surface area contributed by atoms with E-state index in [1.54, 1.807) is 0 Å². The van der Waals surface area contributed by atoms with Crippen LogP contribution in [0.3, 0.4) is 0 Å². The van der Waals surface area contributed by atoms with Crippen molar-refractivity contribution >= 4 is 11.6 Å². The Balaban J connectivity index is 3.02. The molecule has 17 heavy (non-hydrogen) atoms. The van der Waals surface area contributed by atoms with Crippen molar-refractivity contribution < 1.29 is 9.59 Å². The van der Waals surface area contributed by atoms with E-state index in [1.807, 2.05) is 0 Å². The first-order valence-corrected chi connectivity index (χ1v) is 6.32. The van der Waals surface area contributed by atoms with E-state index in [1.165, 1.54) is 13.0 Å². The third-order valence-corrected chi connectivity index (χ3v) is 2.78. The normalized spacial score (nSPS) is 18.3. The average Bonchev–Trinajstić information content (AvgIpc) is 2.19. The first-order chi connectivity index (χ1) is 7.82. The molecule has 1 aliphatic rings. The Kier molecular flexibility index (Phi) is 4.44. The summed E-state index contributed by atoms with van der Waals surface area (Å²) in [6.45, 7) is 9.98. The summed E-state index contributed by atoms with van der Waals surface area (Å²) in [7, 11) is 0. The molecule has 0 bridgehead atoms. The molecule has 0 atom stereocenters. The maximum absolute atomic E-state index is 11.9. The monoisotopic (exact) mass is 234 g/mol. The maximum atomic E-state index is 11.9. The maximum Gasteiger partial charge on any atom is 0.189 e. The number of hydrogen-bond acceptors (Lipinski definition) is 2. The van der Waals surface area contributed by atoms with Gasteiger partial charge in [-0.1, -0.05) is 27.7 Å². The quantitative estimate of drug-likeness (QED) is 0.682. The van der Waals surface area contributed by atoms with Gasteiger partial charge in [0.2, 0.25) is 0 Å². The molecule has 0 aliphatic heterocycles. The van der Waals surface area contributed by atoms with E-state index in [4.69, 9.17) is 0 Å². The van der Waals surface area contributed by atoms with Crippen LogP contribution in [0.4, 0.5) is 0 Å². The molecule has 0 aromatic rings. The van der Waals surface area contributed by atoms with Crippen molar-refractivity contribution in [3.05, 3.63) is 22.8 Å². The zero-order valence-corrected chi connectivity index (χ0v) is 11.5. The highest BCUT2D eigenvalue weighted by Crippen LogP contribution is 2.38. The Labute approximate surface area is 104 Å². The third-order valence-electron chi connectivity index (χ3n) is 2.78. The molecule has 0 fully saturated rings. The van der Waals surface area contributed by atoms with Gasteiger partial charge in [0.05, 0.1) is 0 Å². The van der Waals surface area contributed by atoms with Crippen molar-refractivity contribution in [2.75, 3.05) is 0 Å². The number of allylic oxidation sites excluding steroid dienone is 4. The van der Waals surface area contributed by atoms with Gasteiger partial charge >= 0.3 is 0 Å². The predicted molar refractivity (Wildman–Crippen MR) is 69.7 cm³/mol. The van der Waals surface area contributed by atoms with Crippen molar-refractivity contribution in [2.24, 2.45) is 11.8 Å². The summed E-state index contributed by atoms with van der Waals surface area (Å²) in [5.74, 6) is 1.04. The van der Waals surface area contributed by atoms with Gasteiger partial charge < -0.3 is 0 Å². The third kappa shape index (κ3) is 3.39. The molecule has 0 aromatic carbocycles. The number of carbonyl (C=O) groups excluding carboxylic acids is 2. The first kappa shape index (κ1) is 13.9. The standard InChI is InChI=1S/C15H22O2/c1-9(2)6-12-13(7-10(3)4)15(17)14(12)8-11(5)16/h8-10H,6-7H2,1-5H3/b14-8+. The van der Waals surface area contributed by atoms with Gasteiger partial charge in [0.1, 0.15) is 0 Å². The summed E-state index contributed by atoms with van der Waals surface area (Å²) >= 11 is 0. The zero-order chi connectivity index (χ0) is 13.2. The Bertz CT molecular complexity index is 395. The van der Waals surface area contributed by atoms with E-state index < -0.39 is 0 Å². The van der Waals surface area contributed by atoms with Crippen LogP contribution in [0.2, 0.25) is 0 Å². The molecule has 2 heteroatoms. The van der Waals surface area contributed by atoms with Crippen LogP contribution in [-0.2, 0) is 9.59 Å². The molecule has 1 aliphatic carbocycles. The lowest BCUT2D eigenvalue weighted by atomic mass is 9.74. The van der Waals surface area contributed by atoms with Gasteiger partial charge in [-0.15, -0.1) is 0 Å². The van der Waals surface area contributed by atoms with Crippen molar-refractivity contribution in [2.45, 2.75) is 47.5 Å². The van der Waals surface area contributed by atoms with Crippen LogP contribution in [-0.4, -0.2) is 11.6 Å². The molecule has 0 amide bonds. The van der Waals surface area contributed by atoms with Crippen LogP contribution >= 0.6 is 0 Å². The second kappa shape index (κ2) is 5.44. The molecule has 0 saturated carbocycles. The minimum atomic E-state index is -0.0433. The van der Waals surface area contributed by atoms with E-state index in [2.05, 4.69) is 27.7 Å². The average molecular weight is 234 g/mol. The predicted octanol–water partition coefficient (Wildman–Crippen LogP) is 3.47. The number of carbonyl (C=O) groups is 2. The Morgan fingerprint density at radius 3 is 1.94 bits per heavy atom. The van der Waals surface area contributed by atoms with Gasteiger partial charge in [-0.05, 0) is 43.3 Å². The molecule has 0 radical (unpaired) electrons. The van der Waals surface area contributed by atoms with Crippen LogP contribution in [0, 0.1) is 11.8 Å². The number of ketones is 2. The van der Waals surface area contributed by atoms with E-state index in [0.717, 1.165) is 24.0 Å². The van der Waals surface area contributed by atoms with Gasteiger partial charge in [0.15, 0.2) is 11.6 Å². The molecule has 0 spiro atoms. The summed E-state index contributed by atoms with van der Waals surface area (Å²) in [6, 6.07) is 0. The molecule has 1 rings (SSSR count). The fourth-order valence-corrected chi connectivity index (χ4v) is 2.16. The molecule has 0 heterocycles. The fraction of sp³-hybridized carbons (Fsp3) is 0.600. The number of rotatable bonds is 5. The van der Waals surface area contributed by atoms with Crippen LogP contribution in [0.1, 0.15) is 47.5 Å². The summed E-state index contributed by atoms with van der Waals surface area (Å²) in [5, 5.41) is 0. The smallest absolute Gasteiger partial charge is 0.189 e. The van der Waals surface area contributed by atoms with Gasteiger partial charge in [-0.2, -0.15) is 0 Å². The molecule has 0 N–H and O–H groups in total. The minimum Gasteiger partial charge on any atom is -0.295 e. The summed E-state index contributed by atoms with van der Waals surface area (Å²) in [5.41, 5.74) is 2.72. The molecule has 0 aromatic heterocycles. The fourth-order valence-electron chi connectivity index (χ4n) is 2.16. The SMILES string of the molecule is CC(=O)/C=C1/C(=O)C(CC(C)C)=C1CC(C)C. The van der Waals surface area contributed by atoms with Crippen molar-refractivity contribution in [1.29, 1.82) is 0 Å². The van der Waals surface area contributed by atoms with Crippen molar-refractivity contribution in [3.63, 3.8) is 0 Å². The number of hydrogen-bond donors (Lipinski definition) is 0. The highest BCUT2D eigenvalue weighted by atomic mass is 16.1. The lowest BCUT2D eigenvalue weighted by molar-refractivity contribution is -0.115. The van der Waals surface area contributed by atoms with E-state index in [0.29, 0.717) is 17.4 Å². The minimum absolute atomic E-state index is 0.0433. The molecule has 0 saturated heterocycles. The molecular weight excluding hydrogens is 212 g/mol. The van der Waals surface area contributed by atoms with Crippen molar-refractivity contribution in [3.8, 4) is 0 Å². The van der Waals surface area contributed by atoms with E-state index in [-0.39, 0.29) is 11.6 Å². The first-order valence-electron chi connectivity index (χ1n) is 6.32. The van der Waals surface area contributed by atoms with Crippen LogP contribution < -0.4 is 0 Å². The lowest BCUT2D eigenvalue weighted by Gasteiger charge is -2.28. The van der Waals surface area contributed by atoms with Gasteiger partial charge in [-0.3, -0.25) is 9.59 Å². The summed E-state index contributed by atoms with van der Waals surface area (Å²) in [4.78, 5) is 23.0. The lowest BCUT2D eigenvalue weighted by Crippen LogP contribution is -2.25. The highest BCUT2D eigenvalue weighted by Gasteiger charge is 2.33. The second-order valence-corrected chi connectivity index (χ2v) is 5.65. The molecule has 0 unspecified atom stereocenters. The Hall–Kier alpha value is -1.18. The zero-order valence-electron chi connectivity index (χ0n) is 11.5. The Morgan fingerprint density at radius 2 is 1.53 bits per heavy atom. The summed E-state index contributed by atoms with van der Waals surface area (Å²) in [6.07, 6.45) is 3.22. The topological polar surface area (TPSA) is 34.1 Å². The molecule has 2 nitrogen and oxygen atoms in total. The van der Waals surface area contributed by atoms with Gasteiger partial charge in [0.25, 0.3) is 0 Å². The van der Waals surface area contributed by atoms with Crippen LogP contribution in [0.5, 0.6) is 0 Å². The van der Waals surface area contributed by atoms with Crippen molar-refractivity contribution in [1.82, 2.24) is 0 Å². The van der Waals surface area contributed by atoms with Crippen LogP contribution in [0.25, 0.3) is 0 Å². The van der Waals surface area contributed by atoms with Gasteiger partial charge in [-0.25, -0.2) is 0 Å². The highest BCUT2D eigenvalue weighted by molar-refractivity contribution is 6.22. The van der Waals surface area contributed by atoms with E-state index in [9.17, 15) is 9.59 Å². The molecular formula is C15H22O2. The Morgan fingerprint density at radius 1 is 1.06 bits per heavy atom. The summed E-state index contributed by atoms with van der Waals surface area (Å²) < 4.78 is 0. The molecule has 94 valence electrons. The van der Waals surface area contributed by atoms with Crippen LogP contribution in [0.15, 0.2) is 22.8 Å².